The summed E-state index contributed by atoms with van der Waals surface area (Å²) >= 11 is 0. The molecule has 1 N–H and O–H groups in total. The normalized spacial score (nSPS) is 9.62. The number of nitriles is 1. The van der Waals surface area contributed by atoms with E-state index in [-0.39, 0.29) is 0 Å². The van der Waals surface area contributed by atoms with Gasteiger partial charge in [-0.1, -0.05) is 6.58 Å². The summed E-state index contributed by atoms with van der Waals surface area (Å²) in [5, 5.41) is 15.7. The van der Waals surface area contributed by atoms with Crippen molar-refractivity contribution in [2.24, 2.45) is 0 Å². The zero-order valence-corrected chi connectivity index (χ0v) is 9.56. The van der Waals surface area contributed by atoms with Crippen LogP contribution in [-0.4, -0.2) is 22.6 Å². The number of esters is 1. The molecule has 0 aliphatic rings. The molecule has 0 aliphatic heterocycles. The van der Waals surface area contributed by atoms with E-state index in [1.165, 1.54) is 0 Å². The van der Waals surface area contributed by atoms with Gasteiger partial charge in [-0.05, 0) is 20.8 Å². The molecule has 0 heterocycles. The molecule has 5 nitrogen and oxygen atoms in total. The summed E-state index contributed by atoms with van der Waals surface area (Å²) in [6, 6.07) is 1.70. The maximum Gasteiger partial charge on any atom is 0.331 e. The maximum absolute atomic E-state index is 10.8. The zero-order valence-electron chi connectivity index (χ0n) is 9.56. The quantitative estimate of drug-likeness (QED) is 0.438. The summed E-state index contributed by atoms with van der Waals surface area (Å²) < 4.78 is 4.86. The van der Waals surface area contributed by atoms with Crippen molar-refractivity contribution in [2.45, 2.75) is 26.4 Å². The third-order valence-electron chi connectivity index (χ3n) is 0.875. The van der Waals surface area contributed by atoms with Crippen LogP contribution in [0.5, 0.6) is 0 Å². The largest absolute Gasteiger partial charge is 0.478 e. The highest BCUT2D eigenvalue weighted by atomic mass is 16.6. The standard InChI is InChI=1S/C8H11NO2.C3H4O2/c1-8(2,3)11-7(10)5-4-6-9;1-2-3(4)5/h4-5H,1-3H3;2H,1H2,(H,4,5)/b5-4-;. The number of hydrogen-bond donors (Lipinski definition) is 1. The monoisotopic (exact) mass is 225 g/mol. The molecule has 88 valence electrons. The molecule has 0 aliphatic carbocycles. The van der Waals surface area contributed by atoms with E-state index in [9.17, 15) is 9.59 Å². The van der Waals surface area contributed by atoms with E-state index in [0.717, 1.165) is 18.2 Å². The first-order valence-electron chi connectivity index (χ1n) is 4.37. The van der Waals surface area contributed by atoms with E-state index >= 15 is 0 Å². The molecular weight excluding hydrogens is 210 g/mol. The van der Waals surface area contributed by atoms with Crippen molar-refractivity contribution in [3.63, 3.8) is 0 Å². The van der Waals surface area contributed by atoms with E-state index in [1.807, 2.05) is 0 Å². The molecule has 0 bridgehead atoms. The fraction of sp³-hybridized carbons (Fsp3) is 0.364. The van der Waals surface area contributed by atoms with Crippen molar-refractivity contribution in [2.75, 3.05) is 0 Å². The van der Waals surface area contributed by atoms with E-state index in [1.54, 1.807) is 26.8 Å². The smallest absolute Gasteiger partial charge is 0.331 e. The van der Waals surface area contributed by atoms with E-state index in [0.29, 0.717) is 0 Å². The number of rotatable bonds is 2. The minimum Gasteiger partial charge on any atom is -0.478 e. The Balaban J connectivity index is 0. The van der Waals surface area contributed by atoms with Gasteiger partial charge in [-0.15, -0.1) is 0 Å². The second kappa shape index (κ2) is 8.24. The lowest BCUT2D eigenvalue weighted by Crippen LogP contribution is -2.22. The van der Waals surface area contributed by atoms with Crippen molar-refractivity contribution in [1.29, 1.82) is 5.26 Å². The Morgan fingerprint density at radius 1 is 1.44 bits per heavy atom. The van der Waals surface area contributed by atoms with Gasteiger partial charge in [-0.3, -0.25) is 0 Å². The molecule has 0 aromatic carbocycles. The predicted molar refractivity (Wildman–Crippen MR) is 58.4 cm³/mol. The third-order valence-corrected chi connectivity index (χ3v) is 0.875. The molecule has 0 spiro atoms. The van der Waals surface area contributed by atoms with Gasteiger partial charge in [0.15, 0.2) is 0 Å². The molecule has 0 fully saturated rings. The van der Waals surface area contributed by atoms with Crippen molar-refractivity contribution >= 4 is 11.9 Å². The van der Waals surface area contributed by atoms with Gasteiger partial charge < -0.3 is 9.84 Å². The number of allylic oxidation sites excluding steroid dienone is 1. The summed E-state index contributed by atoms with van der Waals surface area (Å²) in [6.45, 7) is 8.27. The van der Waals surface area contributed by atoms with E-state index in [4.69, 9.17) is 15.1 Å². The summed E-state index contributed by atoms with van der Waals surface area (Å²) in [5.41, 5.74) is -0.489. The Morgan fingerprint density at radius 3 is 2.12 bits per heavy atom. The molecule has 0 amide bonds. The minimum absolute atomic E-state index is 0.487. The predicted octanol–water partition coefficient (Wildman–Crippen LogP) is 1.66. The average molecular weight is 225 g/mol. The summed E-state index contributed by atoms with van der Waals surface area (Å²) in [7, 11) is 0. The Hall–Kier alpha value is -2.09. The first-order chi connectivity index (χ1) is 7.22. The molecule has 0 saturated heterocycles. The number of carboxylic acids is 1. The lowest BCUT2D eigenvalue weighted by Gasteiger charge is -2.17. The van der Waals surface area contributed by atoms with Gasteiger partial charge in [0.2, 0.25) is 0 Å². The van der Waals surface area contributed by atoms with Gasteiger partial charge in [0.25, 0.3) is 0 Å². The van der Waals surface area contributed by atoms with Gasteiger partial charge >= 0.3 is 11.9 Å². The molecule has 16 heavy (non-hydrogen) atoms. The maximum atomic E-state index is 10.8. The Kier molecular flexibility index (Phi) is 8.41. The van der Waals surface area contributed by atoms with Crippen LogP contribution < -0.4 is 0 Å². The fourth-order valence-corrected chi connectivity index (χ4v) is 0.441. The van der Waals surface area contributed by atoms with Crippen LogP contribution in [0.2, 0.25) is 0 Å². The van der Waals surface area contributed by atoms with Crippen LogP contribution in [0.15, 0.2) is 24.8 Å². The second-order valence-corrected chi connectivity index (χ2v) is 3.54. The number of carbonyl (C=O) groups is 2. The van der Waals surface area contributed by atoms with Gasteiger partial charge in [-0.25, -0.2) is 9.59 Å². The fourth-order valence-electron chi connectivity index (χ4n) is 0.441. The van der Waals surface area contributed by atoms with Crippen LogP contribution >= 0.6 is 0 Å². The van der Waals surface area contributed by atoms with Crippen molar-refractivity contribution in [3.8, 4) is 6.07 Å². The summed E-state index contributed by atoms with van der Waals surface area (Å²) in [5.74, 6) is -1.47. The van der Waals surface area contributed by atoms with E-state index in [2.05, 4.69) is 6.58 Å². The van der Waals surface area contributed by atoms with Crippen molar-refractivity contribution < 1.29 is 19.4 Å². The van der Waals surface area contributed by atoms with Crippen molar-refractivity contribution in [1.82, 2.24) is 0 Å². The second-order valence-electron chi connectivity index (χ2n) is 3.54. The molecule has 0 rings (SSSR count). The number of aliphatic carboxylic acids is 1. The van der Waals surface area contributed by atoms with Crippen LogP contribution in [0, 0.1) is 11.3 Å². The Morgan fingerprint density at radius 2 is 1.88 bits per heavy atom. The highest BCUT2D eigenvalue weighted by Gasteiger charge is 2.13. The molecular formula is C11H15NO4. The van der Waals surface area contributed by atoms with Crippen LogP contribution in [0.1, 0.15) is 20.8 Å². The third kappa shape index (κ3) is 17.9. The van der Waals surface area contributed by atoms with Crippen LogP contribution in [0.4, 0.5) is 0 Å². The average Bonchev–Trinajstić information content (AvgIpc) is 2.13. The Labute approximate surface area is 94.6 Å². The van der Waals surface area contributed by atoms with E-state index < -0.39 is 17.5 Å². The SMILES string of the molecule is C=CC(=O)O.CC(C)(C)OC(=O)/C=C\C#N. The van der Waals surface area contributed by atoms with Gasteiger partial charge in [0.1, 0.15) is 5.60 Å². The lowest BCUT2D eigenvalue weighted by molar-refractivity contribution is -0.148. The molecule has 0 radical (unpaired) electrons. The minimum atomic E-state index is -0.981. The summed E-state index contributed by atoms with van der Waals surface area (Å²) in [6.07, 6.45) is 3.03. The molecule has 0 atom stereocenters. The first kappa shape index (κ1) is 16.3. The number of nitrogens with zero attached hydrogens (tertiary/aromatic N) is 1. The number of ether oxygens (including phenoxy) is 1. The van der Waals surface area contributed by atoms with Crippen LogP contribution in [-0.2, 0) is 14.3 Å². The van der Waals surface area contributed by atoms with Gasteiger partial charge in [0, 0.05) is 18.2 Å². The van der Waals surface area contributed by atoms with Gasteiger partial charge in [-0.2, -0.15) is 5.26 Å². The van der Waals surface area contributed by atoms with Crippen LogP contribution in [0.25, 0.3) is 0 Å². The zero-order chi connectivity index (χ0) is 13.2. The highest BCUT2D eigenvalue weighted by Crippen LogP contribution is 2.06. The topological polar surface area (TPSA) is 87.4 Å². The molecule has 0 unspecified atom stereocenters. The van der Waals surface area contributed by atoms with Crippen LogP contribution in [0.3, 0.4) is 0 Å². The lowest BCUT2D eigenvalue weighted by atomic mass is 10.2. The van der Waals surface area contributed by atoms with Crippen molar-refractivity contribution in [3.05, 3.63) is 24.8 Å². The number of carboxylic acid groups (broad SMARTS) is 1. The molecule has 0 aromatic heterocycles. The van der Waals surface area contributed by atoms with Gasteiger partial charge in [0.05, 0.1) is 6.07 Å². The molecule has 0 aromatic rings. The number of carbonyl (C=O) groups excluding carboxylic acids is 1. The summed E-state index contributed by atoms with van der Waals surface area (Å²) in [4.78, 5) is 20.0. The molecule has 5 heteroatoms. The Bertz CT molecular complexity index is 318. The molecule has 0 saturated carbocycles. The highest BCUT2D eigenvalue weighted by molar-refractivity contribution is 5.82. The number of hydrogen-bond acceptors (Lipinski definition) is 4. The first-order valence-corrected chi connectivity index (χ1v) is 4.37.